The highest BCUT2D eigenvalue weighted by Gasteiger charge is 2.22. The highest BCUT2D eigenvalue weighted by molar-refractivity contribution is 14.1. The third kappa shape index (κ3) is 5.01. The second kappa shape index (κ2) is 8.75. The van der Waals surface area contributed by atoms with Crippen LogP contribution in [0.5, 0.6) is 11.5 Å². The number of ether oxygens (including phenoxy) is 2. The van der Waals surface area contributed by atoms with Gasteiger partial charge in [-0.15, -0.1) is 0 Å². The van der Waals surface area contributed by atoms with E-state index in [4.69, 9.17) is 14.9 Å². The molecule has 2 aromatic rings. The van der Waals surface area contributed by atoms with Gasteiger partial charge in [0.2, 0.25) is 0 Å². The molecule has 1 heterocycles. The molecular weight excluding hydrogens is 482 g/mol. The standard InChI is InChI=1S/C19H16FIN2O3S/c1-2-25-15-8-12(9-16-18(24)23-19(22)27-16)7-14(21)17(15)26-10-11-3-5-13(20)6-4-11/h3-9H,2,10H2,1H3,(H2,22,23,24)/b16-9-. The van der Waals surface area contributed by atoms with Crippen LogP contribution < -0.4 is 14.8 Å². The number of amidine groups is 1. The van der Waals surface area contributed by atoms with Crippen molar-refractivity contribution in [2.24, 2.45) is 0 Å². The van der Waals surface area contributed by atoms with E-state index in [9.17, 15) is 9.18 Å². The fourth-order valence-corrected chi connectivity index (χ4v) is 3.89. The molecule has 1 amide bonds. The predicted molar refractivity (Wildman–Crippen MR) is 112 cm³/mol. The Balaban J connectivity index is 1.85. The van der Waals surface area contributed by atoms with Crippen molar-refractivity contribution in [2.75, 3.05) is 6.61 Å². The Morgan fingerprint density at radius 3 is 2.63 bits per heavy atom. The summed E-state index contributed by atoms with van der Waals surface area (Å²) in [6.45, 7) is 2.62. The van der Waals surface area contributed by atoms with Crippen molar-refractivity contribution in [3.63, 3.8) is 0 Å². The number of thioether (sulfide) groups is 1. The number of amides is 1. The molecule has 0 radical (unpaired) electrons. The Kier molecular flexibility index (Phi) is 6.38. The molecule has 1 aliphatic heterocycles. The van der Waals surface area contributed by atoms with Crippen LogP contribution in [0.2, 0.25) is 0 Å². The highest BCUT2D eigenvalue weighted by atomic mass is 127. The molecule has 140 valence electrons. The lowest BCUT2D eigenvalue weighted by Gasteiger charge is -2.15. The number of rotatable bonds is 6. The molecule has 27 heavy (non-hydrogen) atoms. The van der Waals surface area contributed by atoms with Gasteiger partial charge >= 0.3 is 0 Å². The molecule has 1 fully saturated rings. The molecule has 8 heteroatoms. The average Bonchev–Trinajstić information content (AvgIpc) is 2.93. The molecule has 0 bridgehead atoms. The summed E-state index contributed by atoms with van der Waals surface area (Å²) in [5, 5.41) is 10.1. The first-order chi connectivity index (χ1) is 13.0. The number of hydrogen-bond donors (Lipinski definition) is 2. The minimum absolute atomic E-state index is 0.116. The maximum absolute atomic E-state index is 13.0. The molecule has 0 saturated carbocycles. The minimum Gasteiger partial charge on any atom is -0.490 e. The van der Waals surface area contributed by atoms with Crippen molar-refractivity contribution in [2.45, 2.75) is 13.5 Å². The monoisotopic (exact) mass is 498 g/mol. The van der Waals surface area contributed by atoms with Gasteiger partial charge < -0.3 is 14.8 Å². The van der Waals surface area contributed by atoms with Crippen molar-refractivity contribution in [1.29, 1.82) is 5.41 Å². The third-order valence-corrected chi connectivity index (χ3v) is 5.22. The molecule has 0 aromatic heterocycles. The topological polar surface area (TPSA) is 71.4 Å². The fraction of sp³-hybridized carbons (Fsp3) is 0.158. The molecule has 0 aliphatic carbocycles. The van der Waals surface area contributed by atoms with E-state index in [1.165, 1.54) is 12.1 Å². The molecular formula is C19H16FIN2O3S. The van der Waals surface area contributed by atoms with Gasteiger partial charge in [-0.25, -0.2) is 4.39 Å². The van der Waals surface area contributed by atoms with Gasteiger partial charge in [0.25, 0.3) is 5.91 Å². The molecule has 3 rings (SSSR count). The zero-order valence-electron chi connectivity index (χ0n) is 14.3. The van der Waals surface area contributed by atoms with Crippen LogP contribution in [0.15, 0.2) is 41.3 Å². The van der Waals surface area contributed by atoms with E-state index in [0.717, 1.165) is 26.5 Å². The van der Waals surface area contributed by atoms with Gasteiger partial charge in [0.05, 0.1) is 15.1 Å². The van der Waals surface area contributed by atoms with Crippen LogP contribution in [-0.4, -0.2) is 17.7 Å². The van der Waals surface area contributed by atoms with Crippen molar-refractivity contribution in [3.8, 4) is 11.5 Å². The molecule has 0 atom stereocenters. The minimum atomic E-state index is -0.289. The van der Waals surface area contributed by atoms with Gasteiger partial charge in [0.15, 0.2) is 16.7 Å². The van der Waals surface area contributed by atoms with E-state index in [1.807, 2.05) is 13.0 Å². The lowest BCUT2D eigenvalue weighted by atomic mass is 10.1. The van der Waals surface area contributed by atoms with Crippen molar-refractivity contribution in [1.82, 2.24) is 5.32 Å². The third-order valence-electron chi connectivity index (χ3n) is 3.59. The second-order valence-corrected chi connectivity index (χ2v) is 7.79. The van der Waals surface area contributed by atoms with E-state index < -0.39 is 0 Å². The first-order valence-corrected chi connectivity index (χ1v) is 9.99. The zero-order chi connectivity index (χ0) is 19.4. The zero-order valence-corrected chi connectivity index (χ0v) is 17.3. The SMILES string of the molecule is CCOc1cc(/C=C2\SC(=N)NC2=O)cc(I)c1OCc1ccc(F)cc1. The summed E-state index contributed by atoms with van der Waals surface area (Å²) >= 11 is 3.24. The van der Waals surface area contributed by atoms with Crippen LogP contribution >= 0.6 is 34.4 Å². The summed E-state index contributed by atoms with van der Waals surface area (Å²) in [6, 6.07) is 9.81. The Hall–Kier alpha value is -2.07. The smallest absolute Gasteiger partial charge is 0.264 e. The highest BCUT2D eigenvalue weighted by Crippen LogP contribution is 2.36. The van der Waals surface area contributed by atoms with Gasteiger partial charge in [0, 0.05) is 0 Å². The number of carbonyl (C=O) groups is 1. The second-order valence-electron chi connectivity index (χ2n) is 5.57. The fourth-order valence-electron chi connectivity index (χ4n) is 2.40. The lowest BCUT2D eigenvalue weighted by Crippen LogP contribution is -2.18. The number of benzene rings is 2. The van der Waals surface area contributed by atoms with Gasteiger partial charge in [-0.3, -0.25) is 10.2 Å². The molecule has 1 aliphatic rings. The van der Waals surface area contributed by atoms with Crippen LogP contribution in [0.3, 0.4) is 0 Å². The van der Waals surface area contributed by atoms with Gasteiger partial charge in [-0.05, 0) is 82.7 Å². The Labute approximate surface area is 174 Å². The summed E-state index contributed by atoms with van der Waals surface area (Å²) in [6.07, 6.45) is 1.72. The molecule has 0 unspecified atom stereocenters. The first kappa shape index (κ1) is 19.7. The van der Waals surface area contributed by atoms with Crippen molar-refractivity contribution < 1.29 is 18.7 Å². The Morgan fingerprint density at radius 2 is 2.00 bits per heavy atom. The van der Waals surface area contributed by atoms with E-state index >= 15 is 0 Å². The first-order valence-electron chi connectivity index (χ1n) is 8.09. The Morgan fingerprint density at radius 1 is 1.26 bits per heavy atom. The molecule has 2 N–H and O–H groups in total. The summed E-state index contributed by atoms with van der Waals surface area (Å²) in [5.74, 6) is 0.592. The summed E-state index contributed by atoms with van der Waals surface area (Å²) < 4.78 is 25.5. The van der Waals surface area contributed by atoms with Crippen molar-refractivity contribution >= 4 is 51.5 Å². The van der Waals surface area contributed by atoms with Gasteiger partial charge in [-0.2, -0.15) is 0 Å². The van der Waals surface area contributed by atoms with E-state index in [0.29, 0.717) is 23.0 Å². The largest absolute Gasteiger partial charge is 0.490 e. The normalized spacial score (nSPS) is 15.1. The van der Waals surface area contributed by atoms with E-state index in [1.54, 1.807) is 24.3 Å². The Bertz CT molecular complexity index is 916. The maximum atomic E-state index is 13.0. The predicted octanol–water partition coefficient (Wildman–Crippen LogP) is 4.55. The van der Waals surface area contributed by atoms with E-state index in [-0.39, 0.29) is 23.5 Å². The van der Waals surface area contributed by atoms with E-state index in [2.05, 4.69) is 27.9 Å². The van der Waals surface area contributed by atoms with Crippen LogP contribution in [0.25, 0.3) is 6.08 Å². The van der Waals surface area contributed by atoms with Crippen molar-refractivity contribution in [3.05, 3.63) is 61.8 Å². The van der Waals surface area contributed by atoms with Gasteiger partial charge in [0.1, 0.15) is 12.4 Å². The molecule has 0 spiro atoms. The number of carbonyl (C=O) groups excluding carboxylic acids is 1. The summed E-state index contributed by atoms with van der Waals surface area (Å²) in [5.41, 5.74) is 1.63. The quantitative estimate of drug-likeness (QED) is 0.453. The average molecular weight is 498 g/mol. The number of hydrogen-bond acceptors (Lipinski definition) is 5. The summed E-state index contributed by atoms with van der Waals surface area (Å²) in [7, 11) is 0. The van der Waals surface area contributed by atoms with Crippen LogP contribution in [-0.2, 0) is 11.4 Å². The van der Waals surface area contributed by atoms with Gasteiger partial charge in [-0.1, -0.05) is 12.1 Å². The summed E-state index contributed by atoms with van der Waals surface area (Å²) in [4.78, 5) is 12.3. The van der Waals surface area contributed by atoms with Crippen LogP contribution in [0, 0.1) is 14.8 Å². The number of nitrogens with one attached hydrogen (secondary N) is 2. The molecule has 2 aromatic carbocycles. The maximum Gasteiger partial charge on any atom is 0.264 e. The molecule has 5 nitrogen and oxygen atoms in total. The molecule has 1 saturated heterocycles. The number of halogens is 2. The lowest BCUT2D eigenvalue weighted by molar-refractivity contribution is -0.115. The van der Waals surface area contributed by atoms with Crippen LogP contribution in [0.4, 0.5) is 4.39 Å². The van der Waals surface area contributed by atoms with Crippen LogP contribution in [0.1, 0.15) is 18.1 Å².